The number of aromatic amines is 1. The normalized spacial score (nSPS) is 16.3. The second-order valence-corrected chi connectivity index (χ2v) is 4.73. The Kier molecular flexibility index (Phi) is 3.63. The minimum atomic E-state index is -0.573. The first kappa shape index (κ1) is 13.6. The van der Waals surface area contributed by atoms with Crippen LogP contribution in [0.25, 0.3) is 0 Å². The van der Waals surface area contributed by atoms with Gasteiger partial charge in [-0.3, -0.25) is 14.3 Å². The van der Waals surface area contributed by atoms with Crippen LogP contribution in [-0.2, 0) is 11.3 Å². The Bertz CT molecular complexity index is 573. The van der Waals surface area contributed by atoms with Crippen molar-refractivity contribution in [1.82, 2.24) is 9.55 Å². The summed E-state index contributed by atoms with van der Waals surface area (Å²) in [4.78, 5) is 25.7. The van der Waals surface area contributed by atoms with Gasteiger partial charge in [-0.15, -0.1) is 0 Å². The molecule has 0 saturated heterocycles. The van der Waals surface area contributed by atoms with Gasteiger partial charge in [0.1, 0.15) is 11.5 Å². The van der Waals surface area contributed by atoms with E-state index in [0.717, 1.165) is 12.8 Å². The third kappa shape index (κ3) is 2.64. The minimum absolute atomic E-state index is 0.0607. The van der Waals surface area contributed by atoms with Crippen molar-refractivity contribution in [2.24, 2.45) is 0 Å². The lowest BCUT2D eigenvalue weighted by Gasteiger charge is -2.18. The predicted molar refractivity (Wildman–Crippen MR) is 70.3 cm³/mol. The smallest absolute Gasteiger partial charge is 0.330 e. The largest absolute Gasteiger partial charge is 0.394 e. The summed E-state index contributed by atoms with van der Waals surface area (Å²) in [6.45, 7) is 0.475. The number of H-pyrrole nitrogens is 1. The van der Waals surface area contributed by atoms with E-state index in [2.05, 4.69) is 10.3 Å². The molecule has 1 aliphatic rings. The van der Waals surface area contributed by atoms with E-state index in [1.54, 1.807) is 0 Å². The second-order valence-electron chi connectivity index (χ2n) is 4.73. The van der Waals surface area contributed by atoms with Crippen molar-refractivity contribution in [2.45, 2.75) is 24.9 Å². The zero-order chi connectivity index (χ0) is 14.0. The van der Waals surface area contributed by atoms with Gasteiger partial charge in [-0.2, -0.15) is 0 Å². The molecule has 1 heterocycles. The molecule has 0 aliphatic heterocycles. The first-order valence-electron chi connectivity index (χ1n) is 6.03. The van der Waals surface area contributed by atoms with E-state index in [-0.39, 0.29) is 24.7 Å². The summed E-state index contributed by atoms with van der Waals surface area (Å²) in [6, 6.07) is 0. The first-order valence-corrected chi connectivity index (χ1v) is 6.03. The topological polar surface area (TPSA) is 122 Å². The summed E-state index contributed by atoms with van der Waals surface area (Å²) in [5.74, 6) is 0.0607. The van der Waals surface area contributed by atoms with Crippen LogP contribution in [0, 0.1) is 0 Å². The highest BCUT2D eigenvalue weighted by molar-refractivity contribution is 5.62. The SMILES string of the molecule is COCCn1c(N)c(NC2(CO)CC2)c(=O)[nH]c1=O. The summed E-state index contributed by atoms with van der Waals surface area (Å²) >= 11 is 0. The van der Waals surface area contributed by atoms with Crippen LogP contribution in [0.2, 0.25) is 0 Å². The van der Waals surface area contributed by atoms with Crippen molar-refractivity contribution >= 4 is 11.5 Å². The molecule has 19 heavy (non-hydrogen) atoms. The summed E-state index contributed by atoms with van der Waals surface area (Å²) < 4.78 is 6.13. The zero-order valence-electron chi connectivity index (χ0n) is 10.7. The zero-order valence-corrected chi connectivity index (χ0v) is 10.7. The fourth-order valence-electron chi connectivity index (χ4n) is 1.85. The number of nitrogens with zero attached hydrogens (tertiary/aromatic N) is 1. The molecule has 0 atom stereocenters. The average Bonchev–Trinajstić information content (AvgIpc) is 3.15. The van der Waals surface area contributed by atoms with Crippen LogP contribution >= 0.6 is 0 Å². The number of nitrogen functional groups attached to an aromatic ring is 1. The highest BCUT2D eigenvalue weighted by atomic mass is 16.5. The molecule has 8 heteroatoms. The molecule has 0 unspecified atom stereocenters. The van der Waals surface area contributed by atoms with Gasteiger partial charge in [0.25, 0.3) is 5.56 Å². The molecule has 1 saturated carbocycles. The molecule has 0 aromatic carbocycles. The molecule has 106 valence electrons. The molecule has 1 aliphatic carbocycles. The Labute approximate surface area is 109 Å². The Balaban J connectivity index is 2.37. The molecule has 8 nitrogen and oxygen atoms in total. The maximum Gasteiger partial charge on any atom is 0.330 e. The van der Waals surface area contributed by atoms with E-state index in [9.17, 15) is 14.7 Å². The first-order chi connectivity index (χ1) is 9.03. The van der Waals surface area contributed by atoms with Gasteiger partial charge in [0, 0.05) is 7.11 Å². The maximum absolute atomic E-state index is 11.8. The molecule has 2 rings (SSSR count). The Morgan fingerprint density at radius 3 is 2.74 bits per heavy atom. The van der Waals surface area contributed by atoms with Gasteiger partial charge in [0.2, 0.25) is 0 Å². The lowest BCUT2D eigenvalue weighted by molar-refractivity contribution is 0.186. The van der Waals surface area contributed by atoms with E-state index in [1.807, 2.05) is 0 Å². The summed E-state index contributed by atoms with van der Waals surface area (Å²) in [7, 11) is 1.51. The summed E-state index contributed by atoms with van der Waals surface area (Å²) in [5.41, 5.74) is 4.36. The number of nitrogens with two attached hydrogens (primary N) is 1. The molecule has 0 radical (unpaired) electrons. The third-order valence-electron chi connectivity index (χ3n) is 3.31. The molecule has 5 N–H and O–H groups in total. The number of rotatable bonds is 6. The number of hydrogen-bond donors (Lipinski definition) is 4. The van der Waals surface area contributed by atoms with Crippen LogP contribution < -0.4 is 22.3 Å². The third-order valence-corrected chi connectivity index (χ3v) is 3.31. The van der Waals surface area contributed by atoms with Gasteiger partial charge in [0.15, 0.2) is 0 Å². The van der Waals surface area contributed by atoms with Crippen LogP contribution in [0.15, 0.2) is 9.59 Å². The highest BCUT2D eigenvalue weighted by Crippen LogP contribution is 2.38. The van der Waals surface area contributed by atoms with Crippen LogP contribution in [0.3, 0.4) is 0 Å². The predicted octanol–water partition coefficient (Wildman–Crippen LogP) is -1.30. The van der Waals surface area contributed by atoms with E-state index < -0.39 is 16.8 Å². The van der Waals surface area contributed by atoms with Crippen molar-refractivity contribution in [3.8, 4) is 0 Å². The van der Waals surface area contributed by atoms with Crippen molar-refractivity contribution in [3.63, 3.8) is 0 Å². The van der Waals surface area contributed by atoms with Crippen molar-refractivity contribution in [2.75, 3.05) is 31.4 Å². The van der Waals surface area contributed by atoms with Crippen molar-refractivity contribution < 1.29 is 9.84 Å². The van der Waals surface area contributed by atoms with E-state index in [4.69, 9.17) is 10.5 Å². The van der Waals surface area contributed by atoms with E-state index >= 15 is 0 Å². The molecule has 1 fully saturated rings. The molecule has 0 bridgehead atoms. The van der Waals surface area contributed by atoms with Gasteiger partial charge in [-0.05, 0) is 12.8 Å². The van der Waals surface area contributed by atoms with Gasteiger partial charge < -0.3 is 20.9 Å². The van der Waals surface area contributed by atoms with E-state index in [1.165, 1.54) is 11.7 Å². The second kappa shape index (κ2) is 5.06. The van der Waals surface area contributed by atoms with Crippen molar-refractivity contribution in [1.29, 1.82) is 0 Å². The maximum atomic E-state index is 11.8. The van der Waals surface area contributed by atoms with Crippen LogP contribution in [0.5, 0.6) is 0 Å². The fourth-order valence-corrected chi connectivity index (χ4v) is 1.85. The van der Waals surface area contributed by atoms with Gasteiger partial charge >= 0.3 is 5.69 Å². The lowest BCUT2D eigenvalue weighted by atomic mass is 10.2. The Morgan fingerprint density at radius 2 is 2.21 bits per heavy atom. The monoisotopic (exact) mass is 270 g/mol. The standard InChI is InChI=1S/C11H18N4O4/c1-19-5-4-15-8(12)7(9(17)13-10(15)18)14-11(6-16)2-3-11/h14,16H,2-6,12H2,1H3,(H,13,17,18). The van der Waals surface area contributed by atoms with Crippen LogP contribution in [0.1, 0.15) is 12.8 Å². The quantitative estimate of drug-likeness (QED) is 0.509. The number of nitrogens with one attached hydrogen (secondary N) is 2. The Morgan fingerprint density at radius 1 is 1.53 bits per heavy atom. The van der Waals surface area contributed by atoms with Gasteiger partial charge in [-0.25, -0.2) is 4.79 Å². The number of aliphatic hydroxyl groups is 1. The number of ether oxygens (including phenoxy) is 1. The molecule has 0 amide bonds. The Hall–Kier alpha value is -1.80. The van der Waals surface area contributed by atoms with Gasteiger partial charge in [-0.1, -0.05) is 0 Å². The summed E-state index contributed by atoms with van der Waals surface area (Å²) in [5, 5.41) is 12.2. The molecular formula is C11H18N4O4. The molecule has 1 aromatic rings. The average molecular weight is 270 g/mol. The number of methoxy groups -OCH3 is 1. The molecule has 0 spiro atoms. The highest BCUT2D eigenvalue weighted by Gasteiger charge is 2.43. The molecular weight excluding hydrogens is 252 g/mol. The lowest BCUT2D eigenvalue weighted by Crippen LogP contribution is -2.38. The number of aromatic nitrogens is 2. The minimum Gasteiger partial charge on any atom is -0.394 e. The number of anilines is 2. The van der Waals surface area contributed by atoms with Crippen LogP contribution in [-0.4, -0.2) is 40.5 Å². The fraction of sp³-hybridized carbons (Fsp3) is 0.636. The number of aliphatic hydroxyl groups excluding tert-OH is 1. The van der Waals surface area contributed by atoms with E-state index in [0.29, 0.717) is 6.61 Å². The summed E-state index contributed by atoms with van der Waals surface area (Å²) in [6.07, 6.45) is 1.53. The molecule has 1 aromatic heterocycles. The number of hydrogen-bond acceptors (Lipinski definition) is 6. The van der Waals surface area contributed by atoms with Crippen molar-refractivity contribution in [3.05, 3.63) is 20.8 Å². The van der Waals surface area contributed by atoms with Crippen LogP contribution in [0.4, 0.5) is 11.5 Å². The van der Waals surface area contributed by atoms with Gasteiger partial charge in [0.05, 0.1) is 25.3 Å².